The molecule has 0 N–H and O–H groups in total. The first-order valence-electron chi connectivity index (χ1n) is 44.3. The predicted octanol–water partition coefficient (Wildman–Crippen LogP) is 33.5. The minimum absolute atomic E-state index is 0. The molecule has 0 fully saturated rings. The molecular formula is C95H170N2Ni. The van der Waals surface area contributed by atoms with Crippen molar-refractivity contribution in [2.75, 3.05) is 0 Å². The minimum Gasteiger partial charge on any atom is -0.493 e. The van der Waals surface area contributed by atoms with Gasteiger partial charge in [0.05, 0.1) is 5.57 Å². The van der Waals surface area contributed by atoms with E-state index >= 15 is 0 Å². The van der Waals surface area contributed by atoms with Crippen LogP contribution >= 0.6 is 0 Å². The first kappa shape index (κ1) is 95.8. The van der Waals surface area contributed by atoms with Crippen LogP contribution in [0.15, 0.2) is 47.6 Å². The van der Waals surface area contributed by atoms with Gasteiger partial charge in [0.2, 0.25) is 11.4 Å². The fraction of sp³-hybridized carbons (Fsp3) is 0.789. The molecule has 3 rings (SSSR count). The SMILES string of the molecule is CCCC=CC1=C(c2cc(CCCCCC)c(CCCCCC)c(CCCCCC)c2)[N+](=[N-])C(c2cc(CCCCCC)c(CCCCCC)c(CCCCCC)c2)=C1CCCC.[CH2-]CCCCCCCCCCCCCCCC.[CH2-]CCCCCCCCCCCCCCCC.[Ni+2]. The van der Waals surface area contributed by atoms with E-state index in [2.05, 4.69) is 120 Å². The summed E-state index contributed by atoms with van der Waals surface area (Å²) in [7, 11) is 0. The molecule has 1 heterocycles. The topological polar surface area (TPSA) is 25.3 Å². The molecule has 3 heteroatoms. The first-order valence-corrected chi connectivity index (χ1v) is 44.3. The van der Waals surface area contributed by atoms with Crippen LogP contribution in [-0.2, 0) is 55.0 Å². The van der Waals surface area contributed by atoms with Crippen molar-refractivity contribution >= 4 is 11.4 Å². The number of rotatable bonds is 66. The van der Waals surface area contributed by atoms with Gasteiger partial charge in [0.25, 0.3) is 0 Å². The van der Waals surface area contributed by atoms with E-state index in [0.717, 1.165) is 82.0 Å². The Hall–Kier alpha value is -2.25. The molecule has 2 aromatic rings. The second kappa shape index (κ2) is 71.7. The summed E-state index contributed by atoms with van der Waals surface area (Å²) in [6.45, 7) is 30.9. The summed E-state index contributed by atoms with van der Waals surface area (Å²) in [6, 6.07) is 10.2. The van der Waals surface area contributed by atoms with Crippen molar-refractivity contribution in [3.63, 3.8) is 0 Å². The Bertz CT molecular complexity index is 2060. The Morgan fingerprint density at radius 3 is 0.765 bits per heavy atom. The van der Waals surface area contributed by atoms with Crippen LogP contribution in [0.3, 0.4) is 0 Å². The monoisotopic (exact) mass is 1400 g/mol. The van der Waals surface area contributed by atoms with Gasteiger partial charge in [-0.2, -0.15) is 12.8 Å². The second-order valence-corrected chi connectivity index (χ2v) is 30.5. The van der Waals surface area contributed by atoms with Gasteiger partial charge in [-0.05, 0) is 154 Å². The Balaban J connectivity index is 0.00000218. The molecule has 0 spiro atoms. The Morgan fingerprint density at radius 2 is 0.510 bits per heavy atom. The van der Waals surface area contributed by atoms with Gasteiger partial charge in [-0.1, -0.05) is 390 Å². The van der Waals surface area contributed by atoms with Gasteiger partial charge in [0.15, 0.2) is 0 Å². The molecule has 0 saturated heterocycles. The van der Waals surface area contributed by atoms with Gasteiger partial charge in [-0.3, -0.25) is 0 Å². The molecule has 98 heavy (non-hydrogen) atoms. The molecule has 570 valence electrons. The fourth-order valence-corrected chi connectivity index (χ4v) is 14.9. The van der Waals surface area contributed by atoms with Gasteiger partial charge >= 0.3 is 16.5 Å². The maximum absolute atomic E-state index is 13.1. The summed E-state index contributed by atoms with van der Waals surface area (Å²) < 4.78 is 1.71. The molecule has 0 unspecified atom stereocenters. The van der Waals surface area contributed by atoms with Crippen LogP contribution in [0.1, 0.15) is 493 Å². The van der Waals surface area contributed by atoms with Crippen LogP contribution in [0.5, 0.6) is 0 Å². The zero-order chi connectivity index (χ0) is 70.7. The number of hydrogen-bond donors (Lipinski definition) is 0. The van der Waals surface area contributed by atoms with E-state index in [1.54, 1.807) is 38.1 Å². The maximum atomic E-state index is 13.1. The molecule has 0 aromatic heterocycles. The Labute approximate surface area is 626 Å². The standard InChI is InChI=1S/C61H100N2.2C17H35.Ni/c1-9-17-25-32-38-50-46-54(47-51(39-33-26-18-10-2)56(50)43-36-29-21-13-5)60-58(42-24-16-8)59(45-31-23-15-7)61(63(60)62)55-48-52(40-34-27-19-11-3)57(44-37-30-22-14-6)53(49-55)41-35-28-20-12-4;2*1-3-5-7-9-11-13-15-17-16-14-12-10-8-6-4-2;/h31,45-49H,9-30,32-44H2,1-8H3;2*1,3-17H2,2H3;/q;2*-1;+2. The van der Waals surface area contributed by atoms with Crippen molar-refractivity contribution in [2.45, 2.75) is 487 Å². The molecule has 2 aromatic carbocycles. The smallest absolute Gasteiger partial charge is 0.493 e. The quantitative estimate of drug-likeness (QED) is 0.0273. The third kappa shape index (κ3) is 47.2. The second-order valence-electron chi connectivity index (χ2n) is 30.5. The van der Waals surface area contributed by atoms with Gasteiger partial charge < -0.3 is 19.4 Å². The van der Waals surface area contributed by atoms with E-state index in [9.17, 15) is 5.53 Å². The molecule has 2 nitrogen and oxygen atoms in total. The summed E-state index contributed by atoms with van der Waals surface area (Å²) in [5.41, 5.74) is 29.8. The molecule has 0 saturated carbocycles. The van der Waals surface area contributed by atoms with Gasteiger partial charge in [-0.15, -0.1) is 0 Å². The number of nitrogens with zero attached hydrogens (tertiary/aromatic N) is 2. The summed E-state index contributed by atoms with van der Waals surface area (Å²) in [4.78, 5) is 0. The van der Waals surface area contributed by atoms with Crippen molar-refractivity contribution in [3.8, 4) is 0 Å². The van der Waals surface area contributed by atoms with Gasteiger partial charge in [0.1, 0.15) is 0 Å². The van der Waals surface area contributed by atoms with E-state index in [1.807, 2.05) is 0 Å². The largest absolute Gasteiger partial charge is 2.00 e. The molecule has 0 bridgehead atoms. The predicted molar refractivity (Wildman–Crippen MR) is 442 cm³/mol. The third-order valence-electron chi connectivity index (χ3n) is 21.2. The van der Waals surface area contributed by atoms with Crippen molar-refractivity contribution in [2.24, 2.45) is 0 Å². The maximum Gasteiger partial charge on any atom is 2.00 e. The number of unbranched alkanes of at least 4 members (excludes halogenated alkanes) is 48. The zero-order valence-corrected chi connectivity index (χ0v) is 69.0. The number of aryl methyl sites for hydroxylation is 4. The number of benzene rings is 2. The molecule has 1 aliphatic heterocycles. The Morgan fingerprint density at radius 1 is 0.276 bits per heavy atom. The van der Waals surface area contributed by atoms with Crippen LogP contribution in [0.2, 0.25) is 0 Å². The van der Waals surface area contributed by atoms with Crippen LogP contribution in [0.4, 0.5) is 0 Å². The Kier molecular flexibility index (Phi) is 70.1. The molecule has 0 atom stereocenters. The number of allylic oxidation sites excluding steroid dienone is 4. The van der Waals surface area contributed by atoms with Crippen LogP contribution in [0.25, 0.3) is 16.9 Å². The average molecular weight is 1400 g/mol. The molecular weight excluding hydrogens is 1230 g/mol. The van der Waals surface area contributed by atoms with Gasteiger partial charge in [0, 0.05) is 16.7 Å². The summed E-state index contributed by atoms with van der Waals surface area (Å²) in [5, 5.41) is 0. The third-order valence-corrected chi connectivity index (χ3v) is 21.2. The van der Waals surface area contributed by atoms with Crippen LogP contribution in [0, 0.1) is 13.8 Å². The summed E-state index contributed by atoms with van der Waals surface area (Å²) in [5.74, 6) is 0. The summed E-state index contributed by atoms with van der Waals surface area (Å²) in [6.07, 6.45) is 90.8. The molecule has 0 aliphatic carbocycles. The summed E-state index contributed by atoms with van der Waals surface area (Å²) >= 11 is 0. The zero-order valence-electron chi connectivity index (χ0n) is 68.1. The first-order chi connectivity index (χ1) is 47.8. The van der Waals surface area contributed by atoms with Crippen molar-refractivity contribution < 1.29 is 21.2 Å². The van der Waals surface area contributed by atoms with Crippen molar-refractivity contribution in [1.29, 1.82) is 0 Å². The normalized spacial score (nSPS) is 12.3. The minimum atomic E-state index is 0. The van der Waals surface area contributed by atoms with Crippen molar-refractivity contribution in [3.05, 3.63) is 111 Å². The molecule has 0 amide bonds. The molecule has 1 aliphatic rings. The van der Waals surface area contributed by atoms with Gasteiger partial charge in [-0.25, -0.2) is 4.70 Å². The fourth-order valence-electron chi connectivity index (χ4n) is 14.9. The number of hydrogen-bond acceptors (Lipinski definition) is 0. The molecule has 0 radical (unpaired) electrons. The van der Waals surface area contributed by atoms with E-state index in [-0.39, 0.29) is 16.5 Å². The van der Waals surface area contributed by atoms with Crippen LogP contribution in [-0.4, -0.2) is 4.70 Å². The van der Waals surface area contributed by atoms with E-state index in [4.69, 9.17) is 0 Å². The van der Waals surface area contributed by atoms with E-state index in [1.165, 1.54) is 369 Å². The van der Waals surface area contributed by atoms with Crippen molar-refractivity contribution in [1.82, 2.24) is 0 Å². The van der Waals surface area contributed by atoms with E-state index in [0.29, 0.717) is 0 Å². The average Bonchev–Trinajstić information content (AvgIpc) is 1.59. The van der Waals surface area contributed by atoms with E-state index < -0.39 is 0 Å². The van der Waals surface area contributed by atoms with Crippen LogP contribution < -0.4 is 0 Å².